The third-order valence-electron chi connectivity index (χ3n) is 3.28. The van der Waals surface area contributed by atoms with Gasteiger partial charge in [-0.05, 0) is 37.3 Å². The molecule has 0 aromatic heterocycles. The van der Waals surface area contributed by atoms with Crippen LogP contribution in [0.15, 0.2) is 48.5 Å². The molecule has 1 atom stereocenters. The molecule has 140 valence electrons. The fraction of sp³-hybridized carbons (Fsp3) is 0.235. The van der Waals surface area contributed by atoms with Crippen molar-refractivity contribution in [2.45, 2.75) is 25.4 Å². The summed E-state index contributed by atoms with van der Waals surface area (Å²) in [6.07, 6.45) is -11.3. The van der Waals surface area contributed by atoms with Crippen molar-refractivity contribution in [3.8, 4) is 5.75 Å². The third kappa shape index (κ3) is 5.14. The second kappa shape index (κ2) is 7.27. The molecule has 0 heterocycles. The van der Waals surface area contributed by atoms with Crippen LogP contribution in [0.3, 0.4) is 0 Å². The van der Waals surface area contributed by atoms with Gasteiger partial charge in [0, 0.05) is 5.69 Å². The number of halogens is 6. The van der Waals surface area contributed by atoms with E-state index < -0.39 is 41.2 Å². The predicted octanol–water partition coefficient (Wildman–Crippen LogP) is 5.13. The molecule has 0 saturated heterocycles. The molecule has 1 amide bonds. The van der Waals surface area contributed by atoms with Crippen LogP contribution in [-0.4, -0.2) is 12.0 Å². The number of alkyl halides is 6. The summed E-state index contributed by atoms with van der Waals surface area (Å²) < 4.78 is 81.9. The zero-order chi connectivity index (χ0) is 19.5. The molecule has 0 bridgehead atoms. The standard InChI is InChI=1S/C17H13F6NO2/c1-10(15(25)24-13-5-3-2-4-6-13)26-14-8-11(16(18,19)20)7-12(9-14)17(21,22)23/h2-10H,1H3,(H,24,25)/t10-/m0/s1. The summed E-state index contributed by atoms with van der Waals surface area (Å²) in [5.41, 5.74) is -2.62. The number of carbonyl (C=O) groups excluding carboxylic acids is 1. The second-order valence-corrected chi connectivity index (χ2v) is 5.36. The Kier molecular flexibility index (Phi) is 5.48. The summed E-state index contributed by atoms with van der Waals surface area (Å²) in [4.78, 5) is 12.0. The first-order valence-corrected chi connectivity index (χ1v) is 7.29. The number of ether oxygens (including phenoxy) is 1. The molecule has 26 heavy (non-hydrogen) atoms. The number of carbonyl (C=O) groups is 1. The van der Waals surface area contributed by atoms with Crippen LogP contribution in [0, 0.1) is 0 Å². The lowest BCUT2D eigenvalue weighted by Crippen LogP contribution is -2.30. The highest BCUT2D eigenvalue weighted by Crippen LogP contribution is 2.38. The van der Waals surface area contributed by atoms with Crippen molar-refractivity contribution in [3.63, 3.8) is 0 Å². The Bertz CT molecular complexity index is 739. The van der Waals surface area contributed by atoms with Crippen LogP contribution >= 0.6 is 0 Å². The maximum atomic E-state index is 12.8. The van der Waals surface area contributed by atoms with E-state index in [1.165, 1.54) is 6.92 Å². The molecular weight excluding hydrogens is 364 g/mol. The molecule has 2 aromatic carbocycles. The molecule has 0 saturated carbocycles. The van der Waals surface area contributed by atoms with Crippen molar-refractivity contribution in [1.82, 2.24) is 0 Å². The monoisotopic (exact) mass is 377 g/mol. The number of hydrogen-bond acceptors (Lipinski definition) is 2. The van der Waals surface area contributed by atoms with Gasteiger partial charge in [0.25, 0.3) is 5.91 Å². The predicted molar refractivity (Wildman–Crippen MR) is 81.6 cm³/mol. The number of nitrogens with one attached hydrogen (secondary N) is 1. The van der Waals surface area contributed by atoms with Crippen molar-refractivity contribution >= 4 is 11.6 Å². The third-order valence-corrected chi connectivity index (χ3v) is 3.28. The molecule has 0 radical (unpaired) electrons. The molecule has 2 aromatic rings. The molecule has 0 spiro atoms. The van der Waals surface area contributed by atoms with Gasteiger partial charge in [0.1, 0.15) is 5.75 Å². The number of rotatable bonds is 4. The highest BCUT2D eigenvalue weighted by atomic mass is 19.4. The lowest BCUT2D eigenvalue weighted by molar-refractivity contribution is -0.143. The van der Waals surface area contributed by atoms with Gasteiger partial charge in [0.05, 0.1) is 11.1 Å². The van der Waals surface area contributed by atoms with E-state index in [4.69, 9.17) is 4.74 Å². The lowest BCUT2D eigenvalue weighted by atomic mass is 10.1. The molecule has 9 heteroatoms. The van der Waals surface area contributed by atoms with Gasteiger partial charge in [-0.25, -0.2) is 0 Å². The highest BCUT2D eigenvalue weighted by molar-refractivity contribution is 5.94. The molecular formula is C17H13F6NO2. The topological polar surface area (TPSA) is 38.3 Å². The highest BCUT2D eigenvalue weighted by Gasteiger charge is 2.37. The zero-order valence-electron chi connectivity index (χ0n) is 13.3. The molecule has 0 aliphatic carbocycles. The number of para-hydroxylation sites is 1. The van der Waals surface area contributed by atoms with Crippen LogP contribution in [0.25, 0.3) is 0 Å². The number of hydrogen-bond donors (Lipinski definition) is 1. The van der Waals surface area contributed by atoms with Gasteiger partial charge in [0.15, 0.2) is 6.10 Å². The minimum atomic E-state index is -4.99. The van der Waals surface area contributed by atoms with E-state index in [-0.39, 0.29) is 6.07 Å². The van der Waals surface area contributed by atoms with Crippen LogP contribution in [0.5, 0.6) is 5.75 Å². The largest absolute Gasteiger partial charge is 0.481 e. The quantitative estimate of drug-likeness (QED) is 0.751. The van der Waals surface area contributed by atoms with Gasteiger partial charge in [-0.3, -0.25) is 4.79 Å². The van der Waals surface area contributed by atoms with Gasteiger partial charge in [0.2, 0.25) is 0 Å². The minimum absolute atomic E-state index is 0.0123. The van der Waals surface area contributed by atoms with E-state index in [1.54, 1.807) is 30.3 Å². The van der Waals surface area contributed by atoms with E-state index in [2.05, 4.69) is 5.32 Å². The zero-order valence-corrected chi connectivity index (χ0v) is 13.3. The fourth-order valence-electron chi connectivity index (χ4n) is 2.02. The molecule has 0 aliphatic rings. The van der Waals surface area contributed by atoms with Crippen molar-refractivity contribution in [3.05, 3.63) is 59.7 Å². The molecule has 1 N–H and O–H groups in total. The Balaban J connectivity index is 2.23. The van der Waals surface area contributed by atoms with Gasteiger partial charge in [-0.2, -0.15) is 26.3 Å². The second-order valence-electron chi connectivity index (χ2n) is 5.36. The van der Waals surface area contributed by atoms with E-state index in [1.807, 2.05) is 0 Å². The average molecular weight is 377 g/mol. The number of benzene rings is 2. The van der Waals surface area contributed by atoms with E-state index in [0.717, 1.165) is 0 Å². The van der Waals surface area contributed by atoms with Crippen molar-refractivity contribution in [1.29, 1.82) is 0 Å². The van der Waals surface area contributed by atoms with Gasteiger partial charge >= 0.3 is 12.4 Å². The van der Waals surface area contributed by atoms with E-state index in [0.29, 0.717) is 17.8 Å². The van der Waals surface area contributed by atoms with Gasteiger partial charge in [-0.15, -0.1) is 0 Å². The maximum Gasteiger partial charge on any atom is 0.416 e. The van der Waals surface area contributed by atoms with Crippen molar-refractivity contribution in [2.24, 2.45) is 0 Å². The fourth-order valence-corrected chi connectivity index (χ4v) is 2.02. The Morgan fingerprint density at radius 3 is 1.88 bits per heavy atom. The first-order chi connectivity index (χ1) is 12.0. The van der Waals surface area contributed by atoms with Crippen LogP contribution in [-0.2, 0) is 17.1 Å². The van der Waals surface area contributed by atoms with E-state index in [9.17, 15) is 31.1 Å². The lowest BCUT2D eigenvalue weighted by Gasteiger charge is -2.18. The summed E-state index contributed by atoms with van der Waals surface area (Å²) in [6, 6.07) is 8.95. The smallest absolute Gasteiger partial charge is 0.416 e. The first kappa shape index (κ1) is 19.6. The molecule has 3 nitrogen and oxygen atoms in total. The maximum absolute atomic E-state index is 12.8. The summed E-state index contributed by atoms with van der Waals surface area (Å²) in [7, 11) is 0. The normalized spacial score (nSPS) is 13.2. The summed E-state index contributed by atoms with van der Waals surface area (Å²) >= 11 is 0. The molecule has 2 rings (SSSR count). The molecule has 0 aliphatic heterocycles. The summed E-state index contributed by atoms with van der Waals surface area (Å²) in [5.74, 6) is -1.43. The van der Waals surface area contributed by atoms with E-state index >= 15 is 0 Å². The van der Waals surface area contributed by atoms with Gasteiger partial charge in [-0.1, -0.05) is 18.2 Å². The van der Waals surface area contributed by atoms with Crippen LogP contribution in [0.2, 0.25) is 0 Å². The molecule has 0 fully saturated rings. The van der Waals surface area contributed by atoms with Gasteiger partial charge < -0.3 is 10.1 Å². The number of anilines is 1. The Hall–Kier alpha value is -2.71. The van der Waals surface area contributed by atoms with Crippen molar-refractivity contribution in [2.75, 3.05) is 5.32 Å². The summed E-state index contributed by atoms with van der Waals surface area (Å²) in [5, 5.41) is 2.44. The minimum Gasteiger partial charge on any atom is -0.481 e. The first-order valence-electron chi connectivity index (χ1n) is 7.29. The summed E-state index contributed by atoms with van der Waals surface area (Å²) in [6.45, 7) is 1.21. The average Bonchev–Trinajstić information content (AvgIpc) is 2.53. The van der Waals surface area contributed by atoms with Crippen LogP contribution < -0.4 is 10.1 Å². The van der Waals surface area contributed by atoms with Crippen LogP contribution in [0.1, 0.15) is 18.1 Å². The Morgan fingerprint density at radius 1 is 0.923 bits per heavy atom. The SMILES string of the molecule is C[C@H](Oc1cc(C(F)(F)F)cc(C(F)(F)F)c1)C(=O)Nc1ccccc1. The Morgan fingerprint density at radius 2 is 1.42 bits per heavy atom. The van der Waals surface area contributed by atoms with Crippen LogP contribution in [0.4, 0.5) is 32.0 Å². The number of amides is 1. The van der Waals surface area contributed by atoms with Crippen molar-refractivity contribution < 1.29 is 35.9 Å². The molecule has 0 unspecified atom stereocenters. The Labute approximate surface area is 144 Å².